The average Bonchev–Trinajstić information content (AvgIpc) is 2.58. The first-order valence-corrected chi connectivity index (χ1v) is 6.44. The molecule has 0 spiro atoms. The van der Waals surface area contributed by atoms with Crippen molar-refractivity contribution < 1.29 is 9.13 Å². The maximum Gasteiger partial charge on any atom is 0.181 e. The number of hydrogen-bond donors (Lipinski definition) is 1. The van der Waals surface area contributed by atoms with E-state index in [1.807, 2.05) is 6.07 Å². The Kier molecular flexibility index (Phi) is 3.63. The molecule has 1 aromatic heterocycles. The van der Waals surface area contributed by atoms with Crippen LogP contribution in [0.25, 0.3) is 0 Å². The van der Waals surface area contributed by atoms with Gasteiger partial charge >= 0.3 is 0 Å². The highest BCUT2D eigenvalue weighted by Gasteiger charge is 2.09. The van der Waals surface area contributed by atoms with E-state index < -0.39 is 0 Å². The number of anilines is 1. The molecule has 0 unspecified atom stereocenters. The second-order valence-corrected chi connectivity index (χ2v) is 5.77. The smallest absolute Gasteiger partial charge is 0.181 e. The van der Waals surface area contributed by atoms with E-state index >= 15 is 0 Å². The molecule has 0 aliphatic heterocycles. The van der Waals surface area contributed by atoms with Gasteiger partial charge in [-0.15, -0.1) is 0 Å². The Bertz CT molecular complexity index is 544. The molecule has 2 rings (SSSR count). The number of benzene rings is 1. The zero-order valence-corrected chi connectivity index (χ0v) is 11.4. The normalized spacial score (nSPS) is 10.5. The molecule has 1 aromatic carbocycles. The lowest BCUT2D eigenvalue weighted by molar-refractivity contribution is 0.386. The van der Waals surface area contributed by atoms with E-state index in [0.29, 0.717) is 11.6 Å². The van der Waals surface area contributed by atoms with Gasteiger partial charge in [0, 0.05) is 6.42 Å². The van der Waals surface area contributed by atoms with Gasteiger partial charge in [0.25, 0.3) is 0 Å². The van der Waals surface area contributed by atoms with Gasteiger partial charge in [-0.25, -0.2) is 9.37 Å². The van der Waals surface area contributed by atoms with E-state index in [-0.39, 0.29) is 11.6 Å². The third-order valence-electron chi connectivity index (χ3n) is 2.25. The third-order valence-corrected chi connectivity index (χ3v) is 3.91. The SMILES string of the molecule is COc1ccc(Cc2nc(N)sc2Br)cc1F. The zero-order valence-electron chi connectivity index (χ0n) is 9.04. The van der Waals surface area contributed by atoms with Crippen molar-refractivity contribution >= 4 is 32.4 Å². The van der Waals surface area contributed by atoms with Gasteiger partial charge in [-0.05, 0) is 33.6 Å². The highest BCUT2D eigenvalue weighted by molar-refractivity contribution is 9.11. The van der Waals surface area contributed by atoms with Crippen LogP contribution in [0.15, 0.2) is 22.0 Å². The van der Waals surface area contributed by atoms with Gasteiger partial charge in [-0.3, -0.25) is 0 Å². The van der Waals surface area contributed by atoms with Crippen molar-refractivity contribution in [3.05, 3.63) is 39.1 Å². The van der Waals surface area contributed by atoms with Gasteiger partial charge in [0.2, 0.25) is 0 Å². The quantitative estimate of drug-likeness (QED) is 0.945. The number of ether oxygens (including phenoxy) is 1. The van der Waals surface area contributed by atoms with Crippen LogP contribution in [-0.2, 0) is 6.42 Å². The predicted octanol–water partition coefficient (Wildman–Crippen LogP) is 3.23. The Hall–Kier alpha value is -1.14. The van der Waals surface area contributed by atoms with Gasteiger partial charge in [0.05, 0.1) is 16.6 Å². The topological polar surface area (TPSA) is 48.1 Å². The minimum absolute atomic E-state index is 0.241. The first kappa shape index (κ1) is 12.3. The Morgan fingerprint density at radius 2 is 2.29 bits per heavy atom. The lowest BCUT2D eigenvalue weighted by Crippen LogP contribution is -1.94. The molecule has 0 saturated carbocycles. The van der Waals surface area contributed by atoms with Crippen LogP contribution < -0.4 is 10.5 Å². The predicted molar refractivity (Wildman–Crippen MR) is 70.0 cm³/mol. The number of aromatic nitrogens is 1. The summed E-state index contributed by atoms with van der Waals surface area (Å²) in [5, 5.41) is 0.501. The van der Waals surface area contributed by atoms with Crippen molar-refractivity contribution in [3.63, 3.8) is 0 Å². The second-order valence-electron chi connectivity index (χ2n) is 3.42. The second kappa shape index (κ2) is 5.01. The van der Waals surface area contributed by atoms with Gasteiger partial charge in [-0.2, -0.15) is 0 Å². The maximum absolute atomic E-state index is 13.5. The van der Waals surface area contributed by atoms with E-state index in [2.05, 4.69) is 20.9 Å². The number of rotatable bonds is 3. The monoisotopic (exact) mass is 316 g/mol. The van der Waals surface area contributed by atoms with Crippen LogP contribution in [0.2, 0.25) is 0 Å². The number of thiazole rings is 1. The van der Waals surface area contributed by atoms with Crippen LogP contribution in [0.3, 0.4) is 0 Å². The molecule has 3 nitrogen and oxygen atoms in total. The lowest BCUT2D eigenvalue weighted by atomic mass is 10.1. The van der Waals surface area contributed by atoms with Gasteiger partial charge < -0.3 is 10.5 Å². The molecule has 0 amide bonds. The molecule has 17 heavy (non-hydrogen) atoms. The van der Waals surface area contributed by atoms with Crippen molar-refractivity contribution in [2.45, 2.75) is 6.42 Å². The maximum atomic E-state index is 13.5. The number of halogens is 2. The largest absolute Gasteiger partial charge is 0.494 e. The van der Waals surface area contributed by atoms with E-state index in [4.69, 9.17) is 10.5 Å². The molecular formula is C11H10BrFN2OS. The molecule has 0 aliphatic carbocycles. The van der Waals surface area contributed by atoms with Gasteiger partial charge in [0.1, 0.15) is 0 Å². The number of nitrogens with zero attached hydrogens (tertiary/aromatic N) is 1. The molecule has 2 aromatic rings. The summed E-state index contributed by atoms with van der Waals surface area (Å²) in [4.78, 5) is 4.17. The van der Waals surface area contributed by atoms with Gasteiger partial charge in [-0.1, -0.05) is 17.4 Å². The summed E-state index contributed by atoms with van der Waals surface area (Å²) in [5.41, 5.74) is 7.24. The Morgan fingerprint density at radius 3 is 2.82 bits per heavy atom. The van der Waals surface area contributed by atoms with Crippen LogP contribution in [0.1, 0.15) is 11.3 Å². The summed E-state index contributed by atoms with van der Waals surface area (Å²) in [6.07, 6.45) is 0.537. The molecule has 0 aliphatic rings. The molecule has 1 heterocycles. The van der Waals surface area contributed by atoms with Crippen LogP contribution in [0, 0.1) is 5.82 Å². The van der Waals surface area contributed by atoms with Crippen LogP contribution >= 0.6 is 27.3 Å². The molecule has 0 saturated heterocycles. The third kappa shape index (κ3) is 2.76. The van der Waals surface area contributed by atoms with Crippen molar-refractivity contribution in [1.82, 2.24) is 4.98 Å². The van der Waals surface area contributed by atoms with E-state index in [1.54, 1.807) is 6.07 Å². The lowest BCUT2D eigenvalue weighted by Gasteiger charge is -2.04. The van der Waals surface area contributed by atoms with Crippen molar-refractivity contribution in [3.8, 4) is 5.75 Å². The summed E-state index contributed by atoms with van der Waals surface area (Å²) in [5.74, 6) is -0.130. The van der Waals surface area contributed by atoms with Crippen molar-refractivity contribution in [1.29, 1.82) is 0 Å². The molecule has 0 bridgehead atoms. The number of hydrogen-bond acceptors (Lipinski definition) is 4. The minimum Gasteiger partial charge on any atom is -0.494 e. The zero-order chi connectivity index (χ0) is 12.4. The average molecular weight is 317 g/mol. The number of nitrogen functional groups attached to an aromatic ring is 1. The van der Waals surface area contributed by atoms with Crippen molar-refractivity contribution in [2.75, 3.05) is 12.8 Å². The first-order valence-electron chi connectivity index (χ1n) is 4.83. The fourth-order valence-corrected chi connectivity index (χ4v) is 2.77. The molecule has 0 atom stereocenters. The summed E-state index contributed by atoms with van der Waals surface area (Å²) in [7, 11) is 1.44. The Balaban J connectivity index is 2.24. The summed E-state index contributed by atoms with van der Waals surface area (Å²) in [6.45, 7) is 0. The molecule has 6 heteroatoms. The standard InChI is InChI=1S/C11H10BrFN2OS/c1-16-9-3-2-6(4-7(9)13)5-8-10(12)17-11(14)15-8/h2-4H,5H2,1H3,(H2,14,15). The fraction of sp³-hybridized carbons (Fsp3) is 0.182. The molecule has 0 fully saturated rings. The molecule has 90 valence electrons. The molecule has 0 radical (unpaired) electrons. The van der Waals surface area contributed by atoms with Gasteiger partial charge in [0.15, 0.2) is 16.7 Å². The Labute approximate surface area is 111 Å². The first-order chi connectivity index (χ1) is 8.10. The van der Waals surface area contributed by atoms with E-state index in [0.717, 1.165) is 15.0 Å². The van der Waals surface area contributed by atoms with Crippen LogP contribution in [0.4, 0.5) is 9.52 Å². The van der Waals surface area contributed by atoms with E-state index in [1.165, 1.54) is 24.5 Å². The summed E-state index contributed by atoms with van der Waals surface area (Å²) < 4.78 is 19.2. The fourth-order valence-electron chi connectivity index (χ4n) is 1.47. The molecular weight excluding hydrogens is 307 g/mol. The summed E-state index contributed by atoms with van der Waals surface area (Å²) in [6, 6.07) is 4.86. The summed E-state index contributed by atoms with van der Waals surface area (Å²) >= 11 is 4.74. The number of methoxy groups -OCH3 is 1. The highest BCUT2D eigenvalue weighted by atomic mass is 79.9. The Morgan fingerprint density at radius 1 is 1.53 bits per heavy atom. The van der Waals surface area contributed by atoms with Crippen molar-refractivity contribution in [2.24, 2.45) is 0 Å². The van der Waals surface area contributed by atoms with Crippen LogP contribution in [-0.4, -0.2) is 12.1 Å². The van der Waals surface area contributed by atoms with E-state index in [9.17, 15) is 4.39 Å². The molecule has 2 N–H and O–H groups in total. The van der Waals surface area contributed by atoms with Crippen LogP contribution in [0.5, 0.6) is 5.75 Å². The highest BCUT2D eigenvalue weighted by Crippen LogP contribution is 2.29. The number of nitrogens with two attached hydrogens (primary N) is 1. The minimum atomic E-state index is -0.371.